The first-order valence-corrected chi connectivity index (χ1v) is 5.03. The lowest BCUT2D eigenvalue weighted by molar-refractivity contribution is 0.187. The first-order chi connectivity index (χ1) is 5.35. The van der Waals surface area contributed by atoms with Gasteiger partial charge in [-0.05, 0) is 43.9 Å². The molecule has 2 aliphatic carbocycles. The van der Waals surface area contributed by atoms with Gasteiger partial charge in [0.15, 0.2) is 0 Å². The van der Waals surface area contributed by atoms with Crippen LogP contribution < -0.4 is 0 Å². The van der Waals surface area contributed by atoms with Crippen molar-refractivity contribution in [2.75, 3.05) is 0 Å². The van der Waals surface area contributed by atoms with Gasteiger partial charge in [0.05, 0.1) is 0 Å². The van der Waals surface area contributed by atoms with Crippen LogP contribution in [0.5, 0.6) is 0 Å². The van der Waals surface area contributed by atoms with Crippen molar-refractivity contribution in [1.82, 2.24) is 0 Å². The second kappa shape index (κ2) is 2.66. The van der Waals surface area contributed by atoms with E-state index >= 15 is 0 Å². The molecule has 2 bridgehead atoms. The van der Waals surface area contributed by atoms with Gasteiger partial charge in [-0.2, -0.15) is 0 Å². The smallest absolute Gasteiger partial charge is 0.0260 e. The van der Waals surface area contributed by atoms with Crippen LogP contribution in [0.1, 0.15) is 51.9 Å². The van der Waals surface area contributed by atoms with Gasteiger partial charge in [0.1, 0.15) is 0 Å². The molecule has 0 aromatic heterocycles. The number of allylic oxidation sites excluding steroid dienone is 2. The van der Waals surface area contributed by atoms with Gasteiger partial charge in [-0.25, -0.2) is 0 Å². The van der Waals surface area contributed by atoms with E-state index < -0.39 is 0 Å². The van der Waals surface area contributed by atoms with E-state index in [4.69, 9.17) is 0 Å². The number of rotatable bonds is 1. The van der Waals surface area contributed by atoms with Gasteiger partial charge in [0.2, 0.25) is 0 Å². The first-order valence-electron chi connectivity index (χ1n) is 5.03. The third-order valence-electron chi connectivity index (χ3n) is 3.66. The molecule has 2 rings (SSSR count). The second-order valence-electron chi connectivity index (χ2n) is 4.28. The Kier molecular flexibility index (Phi) is 1.78. The van der Waals surface area contributed by atoms with Crippen LogP contribution in [0.4, 0.5) is 0 Å². The van der Waals surface area contributed by atoms with Crippen LogP contribution in [0.3, 0.4) is 0 Å². The Morgan fingerprint density at radius 2 is 2.36 bits per heavy atom. The SMILES string of the molecule is CCC12CCC=C(CCC1)C2. The monoisotopic (exact) mass is 150 g/mol. The lowest BCUT2D eigenvalue weighted by Crippen LogP contribution is -2.26. The molecule has 0 amide bonds. The topological polar surface area (TPSA) is 0 Å². The van der Waals surface area contributed by atoms with Crippen LogP contribution >= 0.6 is 0 Å². The minimum absolute atomic E-state index is 0.752. The van der Waals surface area contributed by atoms with E-state index in [9.17, 15) is 0 Å². The Labute approximate surface area is 69.7 Å². The van der Waals surface area contributed by atoms with Crippen LogP contribution in [0.2, 0.25) is 0 Å². The van der Waals surface area contributed by atoms with Crippen molar-refractivity contribution in [3.63, 3.8) is 0 Å². The van der Waals surface area contributed by atoms with E-state index in [1.807, 2.05) is 0 Å². The standard InChI is InChI=1S/C11H18/c1-2-11-7-3-5-10(9-11)6-4-8-11/h5H,2-4,6-9H2,1H3. The molecule has 11 heavy (non-hydrogen) atoms. The third kappa shape index (κ3) is 1.23. The fourth-order valence-electron chi connectivity index (χ4n) is 2.80. The quantitative estimate of drug-likeness (QED) is 0.500. The maximum absolute atomic E-state index is 2.49. The predicted molar refractivity (Wildman–Crippen MR) is 48.5 cm³/mol. The molecule has 0 N–H and O–H groups in total. The molecule has 0 radical (unpaired) electrons. The van der Waals surface area contributed by atoms with E-state index in [1.54, 1.807) is 5.57 Å². The van der Waals surface area contributed by atoms with Crippen molar-refractivity contribution in [3.05, 3.63) is 11.6 Å². The summed E-state index contributed by atoms with van der Waals surface area (Å²) in [5, 5.41) is 0. The molecule has 0 aliphatic heterocycles. The summed E-state index contributed by atoms with van der Waals surface area (Å²) >= 11 is 0. The van der Waals surface area contributed by atoms with E-state index in [1.165, 1.54) is 44.9 Å². The second-order valence-corrected chi connectivity index (χ2v) is 4.28. The molecule has 62 valence electrons. The summed E-state index contributed by atoms with van der Waals surface area (Å²) in [4.78, 5) is 0. The molecular weight excluding hydrogens is 132 g/mol. The van der Waals surface area contributed by atoms with Gasteiger partial charge >= 0.3 is 0 Å². The lowest BCUT2D eigenvalue weighted by Gasteiger charge is -2.40. The highest BCUT2D eigenvalue weighted by molar-refractivity contribution is 5.13. The Bertz CT molecular complexity index is 178. The summed E-state index contributed by atoms with van der Waals surface area (Å²) in [6, 6.07) is 0. The summed E-state index contributed by atoms with van der Waals surface area (Å²) in [5.41, 5.74) is 2.52. The van der Waals surface area contributed by atoms with Gasteiger partial charge < -0.3 is 0 Å². The normalized spacial score (nSPS) is 36.6. The Morgan fingerprint density at radius 3 is 3.09 bits per heavy atom. The third-order valence-corrected chi connectivity index (χ3v) is 3.66. The summed E-state index contributed by atoms with van der Waals surface area (Å²) in [6.45, 7) is 2.37. The van der Waals surface area contributed by atoms with Gasteiger partial charge in [0, 0.05) is 0 Å². The average molecular weight is 150 g/mol. The molecular formula is C11H18. The average Bonchev–Trinajstić information content (AvgIpc) is 2.05. The fourth-order valence-corrected chi connectivity index (χ4v) is 2.80. The van der Waals surface area contributed by atoms with Crippen LogP contribution in [0, 0.1) is 5.41 Å². The highest BCUT2D eigenvalue weighted by Crippen LogP contribution is 2.48. The van der Waals surface area contributed by atoms with E-state index in [0.717, 1.165) is 5.41 Å². The molecule has 0 heteroatoms. The summed E-state index contributed by atoms with van der Waals surface area (Å²) in [5.74, 6) is 0. The maximum atomic E-state index is 2.49. The highest BCUT2D eigenvalue weighted by atomic mass is 14.4. The van der Waals surface area contributed by atoms with Crippen LogP contribution in [0.15, 0.2) is 11.6 Å². The van der Waals surface area contributed by atoms with E-state index in [-0.39, 0.29) is 0 Å². The Balaban J connectivity index is 2.18. The molecule has 0 nitrogen and oxygen atoms in total. The minimum atomic E-state index is 0.752. The Morgan fingerprint density at radius 1 is 1.45 bits per heavy atom. The van der Waals surface area contributed by atoms with Gasteiger partial charge in [-0.15, -0.1) is 0 Å². The lowest BCUT2D eigenvalue weighted by atomic mass is 9.65. The zero-order valence-electron chi connectivity index (χ0n) is 7.53. The molecule has 0 saturated heterocycles. The number of hydrogen-bond acceptors (Lipinski definition) is 0. The maximum Gasteiger partial charge on any atom is -0.0260 e. The summed E-state index contributed by atoms with van der Waals surface area (Å²) in [7, 11) is 0. The van der Waals surface area contributed by atoms with Crippen LogP contribution in [-0.4, -0.2) is 0 Å². The molecule has 0 aromatic carbocycles. The predicted octanol–water partition coefficient (Wildman–Crippen LogP) is 3.68. The molecule has 1 fully saturated rings. The van der Waals surface area contributed by atoms with Gasteiger partial charge in [0.25, 0.3) is 0 Å². The zero-order chi connectivity index (χ0) is 7.73. The molecule has 0 aromatic rings. The Hall–Kier alpha value is -0.260. The molecule has 0 heterocycles. The van der Waals surface area contributed by atoms with Crippen molar-refractivity contribution in [2.24, 2.45) is 5.41 Å². The minimum Gasteiger partial charge on any atom is -0.0853 e. The first kappa shape index (κ1) is 7.39. The summed E-state index contributed by atoms with van der Waals surface area (Å²) in [6.07, 6.45) is 12.5. The van der Waals surface area contributed by atoms with Crippen LogP contribution in [0.25, 0.3) is 0 Å². The number of hydrogen-bond donors (Lipinski definition) is 0. The van der Waals surface area contributed by atoms with Crippen molar-refractivity contribution in [3.8, 4) is 0 Å². The molecule has 0 spiro atoms. The summed E-state index contributed by atoms with van der Waals surface area (Å²) < 4.78 is 0. The fraction of sp³-hybridized carbons (Fsp3) is 0.818. The highest BCUT2D eigenvalue weighted by Gasteiger charge is 2.33. The van der Waals surface area contributed by atoms with Crippen molar-refractivity contribution >= 4 is 0 Å². The zero-order valence-corrected chi connectivity index (χ0v) is 7.53. The number of fused-ring (bicyclic) bond motifs is 2. The van der Waals surface area contributed by atoms with Gasteiger partial charge in [-0.1, -0.05) is 25.0 Å². The molecule has 1 unspecified atom stereocenters. The van der Waals surface area contributed by atoms with Crippen LogP contribution in [-0.2, 0) is 0 Å². The molecule has 2 aliphatic rings. The van der Waals surface area contributed by atoms with E-state index in [2.05, 4.69) is 13.0 Å². The van der Waals surface area contributed by atoms with Crippen molar-refractivity contribution < 1.29 is 0 Å². The van der Waals surface area contributed by atoms with Crippen molar-refractivity contribution in [1.29, 1.82) is 0 Å². The molecule has 1 atom stereocenters. The largest absolute Gasteiger partial charge is 0.0853 e. The molecule has 1 saturated carbocycles. The van der Waals surface area contributed by atoms with E-state index in [0.29, 0.717) is 0 Å². The van der Waals surface area contributed by atoms with Crippen molar-refractivity contribution in [2.45, 2.75) is 51.9 Å². The van der Waals surface area contributed by atoms with Gasteiger partial charge in [-0.3, -0.25) is 0 Å².